The Balaban J connectivity index is 1.72. The second kappa shape index (κ2) is 6.93. The molecule has 6 nitrogen and oxygen atoms in total. The van der Waals surface area contributed by atoms with Gasteiger partial charge in [-0.05, 0) is 5.56 Å². The van der Waals surface area contributed by atoms with E-state index in [1.165, 1.54) is 6.33 Å². The fraction of sp³-hybridized carbons (Fsp3) is 0.312. The maximum atomic E-state index is 11.9. The number of nitrogens with two attached hydrogens (primary N) is 1. The van der Waals surface area contributed by atoms with E-state index in [2.05, 4.69) is 19.8 Å². The molecule has 0 bridgehead atoms. The number of carbonyl (C=O) groups excluding carboxylic acids is 1. The number of rotatable bonds is 4. The minimum atomic E-state index is -0.403. The van der Waals surface area contributed by atoms with Crippen LogP contribution in [0.3, 0.4) is 0 Å². The predicted octanol–water partition coefficient (Wildman–Crippen LogP) is 1.48. The largest absolute Gasteiger partial charge is 0.368 e. The molecule has 120 valence electrons. The van der Waals surface area contributed by atoms with Crippen molar-refractivity contribution in [1.82, 2.24) is 14.9 Å². The van der Waals surface area contributed by atoms with Crippen LogP contribution in [0, 0.1) is 0 Å². The van der Waals surface area contributed by atoms with Gasteiger partial charge in [-0.25, -0.2) is 9.97 Å². The number of nitrogens with zero attached hydrogens (tertiary/aromatic N) is 4. The number of amides is 1. The van der Waals surface area contributed by atoms with E-state index in [1.807, 2.05) is 30.3 Å². The molecule has 3 rings (SSSR count). The molecule has 1 aliphatic rings. The van der Waals surface area contributed by atoms with Crippen molar-refractivity contribution in [3.63, 3.8) is 0 Å². The molecule has 1 aromatic heterocycles. The third kappa shape index (κ3) is 3.43. The van der Waals surface area contributed by atoms with Gasteiger partial charge < -0.3 is 10.6 Å². The third-order valence-corrected chi connectivity index (χ3v) is 4.28. The van der Waals surface area contributed by atoms with Gasteiger partial charge in [-0.1, -0.05) is 41.9 Å². The summed E-state index contributed by atoms with van der Waals surface area (Å²) in [4.78, 5) is 24.3. The van der Waals surface area contributed by atoms with Gasteiger partial charge in [-0.3, -0.25) is 9.69 Å². The predicted molar refractivity (Wildman–Crippen MR) is 89.2 cm³/mol. The van der Waals surface area contributed by atoms with Gasteiger partial charge in [-0.15, -0.1) is 0 Å². The number of hydrogen-bond acceptors (Lipinski definition) is 5. The first-order chi connectivity index (χ1) is 11.2. The second-order valence-electron chi connectivity index (χ2n) is 5.43. The number of hydrogen-bond donors (Lipinski definition) is 1. The summed E-state index contributed by atoms with van der Waals surface area (Å²) in [5.74, 6) is 0.404. The van der Waals surface area contributed by atoms with Gasteiger partial charge in [0.15, 0.2) is 5.82 Å². The van der Waals surface area contributed by atoms with Crippen LogP contribution in [0.4, 0.5) is 5.82 Å². The Morgan fingerprint density at radius 1 is 1.17 bits per heavy atom. The quantitative estimate of drug-likeness (QED) is 0.918. The van der Waals surface area contributed by atoms with E-state index in [1.54, 1.807) is 6.20 Å². The van der Waals surface area contributed by atoms with E-state index in [9.17, 15) is 4.79 Å². The van der Waals surface area contributed by atoms with Crippen molar-refractivity contribution in [2.45, 2.75) is 6.04 Å². The van der Waals surface area contributed by atoms with Gasteiger partial charge in [-0.2, -0.15) is 0 Å². The van der Waals surface area contributed by atoms with Crippen molar-refractivity contribution in [3.05, 3.63) is 53.4 Å². The van der Waals surface area contributed by atoms with Gasteiger partial charge >= 0.3 is 0 Å². The standard InChI is InChI=1S/C16H18ClN5O/c17-13-10-19-11-20-16(13)22-8-6-21(7-9-22)14(15(18)23)12-4-2-1-3-5-12/h1-5,10-11,14H,6-9H2,(H2,18,23). The molecule has 1 unspecified atom stereocenters. The summed E-state index contributed by atoms with van der Waals surface area (Å²) in [6, 6.07) is 9.23. The summed E-state index contributed by atoms with van der Waals surface area (Å²) in [7, 11) is 0. The molecule has 2 N–H and O–H groups in total. The molecular weight excluding hydrogens is 314 g/mol. The molecule has 23 heavy (non-hydrogen) atoms. The third-order valence-electron chi connectivity index (χ3n) is 4.01. The molecule has 0 aliphatic carbocycles. The molecule has 0 spiro atoms. The molecule has 0 radical (unpaired) electrons. The van der Waals surface area contributed by atoms with Gasteiger partial charge in [0.1, 0.15) is 17.4 Å². The van der Waals surface area contributed by atoms with E-state index >= 15 is 0 Å². The molecule has 1 aromatic carbocycles. The van der Waals surface area contributed by atoms with Gasteiger partial charge in [0.25, 0.3) is 0 Å². The number of carbonyl (C=O) groups is 1. The van der Waals surface area contributed by atoms with E-state index in [0.717, 1.165) is 24.5 Å². The van der Waals surface area contributed by atoms with Crippen LogP contribution in [0.15, 0.2) is 42.9 Å². The van der Waals surface area contributed by atoms with Gasteiger partial charge in [0.2, 0.25) is 5.91 Å². The Bertz CT molecular complexity index is 673. The molecule has 7 heteroatoms. The molecular formula is C16H18ClN5O. The lowest BCUT2D eigenvalue weighted by atomic mass is 10.0. The zero-order valence-corrected chi connectivity index (χ0v) is 13.4. The first-order valence-corrected chi connectivity index (χ1v) is 7.83. The average molecular weight is 332 g/mol. The van der Waals surface area contributed by atoms with Crippen LogP contribution < -0.4 is 10.6 Å². The molecule has 1 aliphatic heterocycles. The van der Waals surface area contributed by atoms with E-state index in [-0.39, 0.29) is 5.91 Å². The van der Waals surface area contributed by atoms with Crippen LogP contribution in [0.1, 0.15) is 11.6 Å². The highest BCUT2D eigenvalue weighted by Gasteiger charge is 2.29. The Morgan fingerprint density at radius 2 is 1.87 bits per heavy atom. The first kappa shape index (κ1) is 15.7. The van der Waals surface area contributed by atoms with Crippen molar-refractivity contribution >= 4 is 23.3 Å². The number of benzene rings is 1. The van der Waals surface area contributed by atoms with E-state index < -0.39 is 6.04 Å². The molecule has 0 saturated carbocycles. The second-order valence-corrected chi connectivity index (χ2v) is 5.84. The fourth-order valence-corrected chi connectivity index (χ4v) is 3.15. The Hall–Kier alpha value is -2.18. The summed E-state index contributed by atoms with van der Waals surface area (Å²) < 4.78 is 0. The lowest BCUT2D eigenvalue weighted by Gasteiger charge is -2.38. The van der Waals surface area contributed by atoms with E-state index in [0.29, 0.717) is 18.1 Å². The SMILES string of the molecule is NC(=O)C(c1ccccc1)N1CCN(c2ncncc2Cl)CC1. The topological polar surface area (TPSA) is 75.4 Å². The summed E-state index contributed by atoms with van der Waals surface area (Å²) in [5, 5.41) is 0.537. The minimum absolute atomic E-state index is 0.329. The zero-order chi connectivity index (χ0) is 16.2. The zero-order valence-electron chi connectivity index (χ0n) is 12.6. The van der Waals surface area contributed by atoms with Crippen LogP contribution >= 0.6 is 11.6 Å². The molecule has 2 heterocycles. The summed E-state index contributed by atoms with van der Waals surface area (Å²) in [6.45, 7) is 2.88. The number of piperazine rings is 1. The highest BCUT2D eigenvalue weighted by Crippen LogP contribution is 2.26. The molecule has 1 saturated heterocycles. The first-order valence-electron chi connectivity index (χ1n) is 7.45. The number of aromatic nitrogens is 2. The van der Waals surface area contributed by atoms with Gasteiger partial charge in [0.05, 0.1) is 6.20 Å². The van der Waals surface area contributed by atoms with Crippen molar-refractivity contribution in [3.8, 4) is 0 Å². The lowest BCUT2D eigenvalue weighted by Crippen LogP contribution is -2.50. The lowest BCUT2D eigenvalue weighted by molar-refractivity contribution is -0.123. The Morgan fingerprint density at radius 3 is 2.48 bits per heavy atom. The molecule has 1 amide bonds. The Kier molecular flexibility index (Phi) is 4.73. The normalized spacial score (nSPS) is 17.0. The molecule has 1 fully saturated rings. The van der Waals surface area contributed by atoms with Crippen LogP contribution in [0.5, 0.6) is 0 Å². The van der Waals surface area contributed by atoms with Crippen molar-refractivity contribution in [1.29, 1.82) is 0 Å². The monoisotopic (exact) mass is 331 g/mol. The minimum Gasteiger partial charge on any atom is -0.368 e. The van der Waals surface area contributed by atoms with Crippen molar-refractivity contribution < 1.29 is 4.79 Å². The maximum absolute atomic E-state index is 11.9. The summed E-state index contributed by atoms with van der Waals surface area (Å²) >= 11 is 6.15. The maximum Gasteiger partial charge on any atom is 0.239 e. The highest BCUT2D eigenvalue weighted by molar-refractivity contribution is 6.32. The van der Waals surface area contributed by atoms with Crippen molar-refractivity contribution in [2.24, 2.45) is 5.73 Å². The smallest absolute Gasteiger partial charge is 0.239 e. The number of halogens is 1. The fourth-order valence-electron chi connectivity index (χ4n) is 2.92. The molecule has 2 aromatic rings. The number of anilines is 1. The molecule has 1 atom stereocenters. The summed E-state index contributed by atoms with van der Waals surface area (Å²) in [5.41, 5.74) is 6.56. The van der Waals surface area contributed by atoms with E-state index in [4.69, 9.17) is 17.3 Å². The number of primary amides is 1. The Labute approximate surface area is 139 Å². The summed E-state index contributed by atoms with van der Waals surface area (Å²) in [6.07, 6.45) is 3.08. The highest BCUT2D eigenvalue weighted by atomic mass is 35.5. The van der Waals surface area contributed by atoms with Crippen LogP contribution in [-0.4, -0.2) is 47.0 Å². The van der Waals surface area contributed by atoms with Crippen LogP contribution in [0.25, 0.3) is 0 Å². The van der Waals surface area contributed by atoms with Crippen LogP contribution in [0.2, 0.25) is 5.02 Å². The van der Waals surface area contributed by atoms with Crippen LogP contribution in [-0.2, 0) is 4.79 Å². The van der Waals surface area contributed by atoms with Crippen molar-refractivity contribution in [2.75, 3.05) is 31.1 Å². The van der Waals surface area contributed by atoms with Gasteiger partial charge in [0, 0.05) is 26.2 Å². The average Bonchev–Trinajstić information content (AvgIpc) is 2.57.